The van der Waals surface area contributed by atoms with E-state index in [4.69, 9.17) is 14.8 Å². The van der Waals surface area contributed by atoms with Crippen LogP contribution in [0.3, 0.4) is 0 Å². The van der Waals surface area contributed by atoms with Crippen LogP contribution in [-0.4, -0.2) is 46.1 Å². The molecule has 6 nitrogen and oxygen atoms in total. The molecule has 2 aromatic heterocycles. The Balaban J connectivity index is 1.51. The lowest BCUT2D eigenvalue weighted by atomic mass is 9.91. The zero-order valence-corrected chi connectivity index (χ0v) is 14.5. The third kappa shape index (κ3) is 2.77. The average Bonchev–Trinajstić information content (AvgIpc) is 3.17. The molecule has 0 amide bonds. The van der Waals surface area contributed by atoms with E-state index in [1.165, 1.54) is 19.3 Å². The van der Waals surface area contributed by atoms with Gasteiger partial charge in [0.2, 0.25) is 0 Å². The van der Waals surface area contributed by atoms with Crippen molar-refractivity contribution in [3.63, 3.8) is 0 Å². The molecule has 0 bridgehead atoms. The van der Waals surface area contributed by atoms with E-state index in [-0.39, 0.29) is 0 Å². The molecule has 2 aliphatic heterocycles. The van der Waals surface area contributed by atoms with Crippen LogP contribution in [0, 0.1) is 5.41 Å². The van der Waals surface area contributed by atoms with E-state index in [1.54, 1.807) is 0 Å². The number of piperidine rings is 1. The van der Waals surface area contributed by atoms with Crippen molar-refractivity contribution < 1.29 is 4.74 Å². The largest absolute Gasteiger partial charge is 0.381 e. The van der Waals surface area contributed by atoms with Crippen LogP contribution in [0.1, 0.15) is 55.6 Å². The van der Waals surface area contributed by atoms with Crippen LogP contribution >= 0.6 is 0 Å². The normalized spacial score (nSPS) is 26.0. The SMILES string of the molecule is c1cncc(-n2nc(C3CCOCC3)nc2C2CC23CCNCC3)c1. The fourth-order valence-corrected chi connectivity index (χ4v) is 4.55. The summed E-state index contributed by atoms with van der Waals surface area (Å²) < 4.78 is 7.58. The minimum Gasteiger partial charge on any atom is -0.381 e. The summed E-state index contributed by atoms with van der Waals surface area (Å²) in [7, 11) is 0. The zero-order valence-electron chi connectivity index (χ0n) is 14.5. The van der Waals surface area contributed by atoms with Gasteiger partial charge in [0, 0.05) is 31.2 Å². The highest BCUT2D eigenvalue weighted by atomic mass is 16.5. The van der Waals surface area contributed by atoms with Crippen molar-refractivity contribution in [2.24, 2.45) is 5.41 Å². The number of nitrogens with zero attached hydrogens (tertiary/aromatic N) is 4. The van der Waals surface area contributed by atoms with Gasteiger partial charge < -0.3 is 10.1 Å². The molecule has 1 spiro atoms. The van der Waals surface area contributed by atoms with Crippen molar-refractivity contribution in [2.75, 3.05) is 26.3 Å². The molecule has 4 heterocycles. The second kappa shape index (κ2) is 6.18. The Morgan fingerprint density at radius 2 is 2.04 bits per heavy atom. The second-order valence-corrected chi connectivity index (χ2v) is 7.71. The first kappa shape index (κ1) is 15.5. The Kier molecular flexibility index (Phi) is 3.82. The highest BCUT2D eigenvalue weighted by Crippen LogP contribution is 2.64. The number of rotatable bonds is 3. The van der Waals surface area contributed by atoms with Gasteiger partial charge in [-0.2, -0.15) is 5.10 Å². The molecule has 2 saturated heterocycles. The van der Waals surface area contributed by atoms with E-state index < -0.39 is 0 Å². The fraction of sp³-hybridized carbons (Fsp3) is 0.632. The molecule has 5 rings (SSSR count). The second-order valence-electron chi connectivity index (χ2n) is 7.71. The van der Waals surface area contributed by atoms with Crippen LogP contribution < -0.4 is 5.32 Å². The Hall–Kier alpha value is -1.79. The highest BCUT2D eigenvalue weighted by Gasteiger charge is 2.57. The number of nitrogens with one attached hydrogen (secondary N) is 1. The number of pyridine rings is 1. The quantitative estimate of drug-likeness (QED) is 0.930. The summed E-state index contributed by atoms with van der Waals surface area (Å²) in [6.45, 7) is 3.90. The average molecular weight is 339 g/mol. The maximum atomic E-state index is 5.51. The van der Waals surface area contributed by atoms with Gasteiger partial charge in [-0.25, -0.2) is 9.67 Å². The van der Waals surface area contributed by atoms with E-state index in [1.807, 2.05) is 18.5 Å². The predicted octanol–water partition coefficient (Wildman–Crippen LogP) is 2.41. The van der Waals surface area contributed by atoms with Gasteiger partial charge >= 0.3 is 0 Å². The number of ether oxygens (including phenoxy) is 1. The van der Waals surface area contributed by atoms with Gasteiger partial charge in [-0.3, -0.25) is 4.98 Å². The minimum atomic E-state index is 0.424. The lowest BCUT2D eigenvalue weighted by Gasteiger charge is -2.23. The fourth-order valence-electron chi connectivity index (χ4n) is 4.55. The predicted molar refractivity (Wildman–Crippen MR) is 93.8 cm³/mol. The maximum absolute atomic E-state index is 5.51. The number of aromatic nitrogens is 4. The van der Waals surface area contributed by atoms with Crippen molar-refractivity contribution in [1.29, 1.82) is 0 Å². The summed E-state index contributed by atoms with van der Waals surface area (Å²) in [5.41, 5.74) is 1.48. The molecule has 0 aromatic carbocycles. The van der Waals surface area contributed by atoms with E-state index in [0.29, 0.717) is 17.3 Å². The molecule has 1 atom stereocenters. The Morgan fingerprint density at radius 1 is 1.20 bits per heavy atom. The first-order chi connectivity index (χ1) is 12.4. The zero-order chi connectivity index (χ0) is 16.7. The van der Waals surface area contributed by atoms with Gasteiger partial charge in [-0.05, 0) is 62.7 Å². The molecule has 1 saturated carbocycles. The summed E-state index contributed by atoms with van der Waals surface area (Å²) in [5.74, 6) is 3.11. The third-order valence-electron chi connectivity index (χ3n) is 6.23. The van der Waals surface area contributed by atoms with Gasteiger partial charge in [0.15, 0.2) is 5.82 Å². The van der Waals surface area contributed by atoms with Crippen molar-refractivity contribution >= 4 is 0 Å². The lowest BCUT2D eigenvalue weighted by molar-refractivity contribution is 0.0836. The Bertz CT molecular complexity index is 732. The van der Waals surface area contributed by atoms with Gasteiger partial charge in [0.05, 0.1) is 11.9 Å². The molecule has 132 valence electrons. The molecule has 3 aliphatic rings. The van der Waals surface area contributed by atoms with Crippen LogP contribution in [0.2, 0.25) is 0 Å². The molecule has 25 heavy (non-hydrogen) atoms. The van der Waals surface area contributed by atoms with Gasteiger partial charge in [0.25, 0.3) is 0 Å². The van der Waals surface area contributed by atoms with Crippen LogP contribution in [0.25, 0.3) is 5.69 Å². The Labute approximate surface area is 148 Å². The van der Waals surface area contributed by atoms with E-state index in [9.17, 15) is 0 Å². The van der Waals surface area contributed by atoms with E-state index >= 15 is 0 Å². The van der Waals surface area contributed by atoms with E-state index in [2.05, 4.69) is 21.0 Å². The minimum absolute atomic E-state index is 0.424. The Morgan fingerprint density at radius 3 is 2.80 bits per heavy atom. The molecule has 1 N–H and O–H groups in total. The van der Waals surface area contributed by atoms with E-state index in [0.717, 1.165) is 56.5 Å². The number of hydrogen-bond donors (Lipinski definition) is 1. The van der Waals surface area contributed by atoms with Crippen molar-refractivity contribution in [3.05, 3.63) is 36.2 Å². The monoisotopic (exact) mass is 339 g/mol. The molecule has 3 fully saturated rings. The van der Waals surface area contributed by atoms with Gasteiger partial charge in [-0.15, -0.1) is 0 Å². The lowest BCUT2D eigenvalue weighted by Crippen LogP contribution is -2.29. The summed E-state index contributed by atoms with van der Waals surface area (Å²) in [4.78, 5) is 9.36. The topological polar surface area (TPSA) is 64.9 Å². The van der Waals surface area contributed by atoms with Crippen LogP contribution in [0.5, 0.6) is 0 Å². The molecule has 0 radical (unpaired) electrons. The van der Waals surface area contributed by atoms with Gasteiger partial charge in [0.1, 0.15) is 5.82 Å². The molecule has 2 aromatic rings. The maximum Gasteiger partial charge on any atom is 0.154 e. The smallest absolute Gasteiger partial charge is 0.154 e. The first-order valence-corrected chi connectivity index (χ1v) is 9.51. The summed E-state index contributed by atoms with van der Waals surface area (Å²) in [6.07, 6.45) is 9.51. The third-order valence-corrected chi connectivity index (χ3v) is 6.23. The molecule has 6 heteroatoms. The van der Waals surface area contributed by atoms with Crippen LogP contribution in [-0.2, 0) is 4.74 Å². The first-order valence-electron chi connectivity index (χ1n) is 9.51. The molecule has 1 aliphatic carbocycles. The summed E-state index contributed by atoms with van der Waals surface area (Å²) in [5, 5.41) is 8.43. The van der Waals surface area contributed by atoms with Crippen molar-refractivity contribution in [3.8, 4) is 5.69 Å². The number of hydrogen-bond acceptors (Lipinski definition) is 5. The molecular formula is C19H25N5O. The van der Waals surface area contributed by atoms with Crippen LogP contribution in [0.15, 0.2) is 24.5 Å². The van der Waals surface area contributed by atoms with Crippen molar-refractivity contribution in [1.82, 2.24) is 25.1 Å². The standard InChI is InChI=1S/C19H25N5O/c1-2-15(13-21-7-1)24-18(16-12-19(16)5-8-20-9-6-19)22-17(23-24)14-3-10-25-11-4-14/h1-2,7,13-14,16,20H,3-6,8-12H2. The molecule has 1 unspecified atom stereocenters. The molecular weight excluding hydrogens is 314 g/mol. The summed E-state index contributed by atoms with van der Waals surface area (Å²) >= 11 is 0. The van der Waals surface area contributed by atoms with Crippen LogP contribution in [0.4, 0.5) is 0 Å². The summed E-state index contributed by atoms with van der Waals surface area (Å²) in [6, 6.07) is 4.05. The highest BCUT2D eigenvalue weighted by molar-refractivity contribution is 5.32. The van der Waals surface area contributed by atoms with Crippen molar-refractivity contribution in [2.45, 2.75) is 43.9 Å². The van der Waals surface area contributed by atoms with Gasteiger partial charge in [-0.1, -0.05) is 0 Å².